The number of piperazine rings is 1. The van der Waals surface area contributed by atoms with Crippen molar-refractivity contribution >= 4 is 28.6 Å². The quantitative estimate of drug-likeness (QED) is 0.378. The van der Waals surface area contributed by atoms with Crippen molar-refractivity contribution in [3.8, 4) is 0 Å². The first kappa shape index (κ1) is 26.5. The van der Waals surface area contributed by atoms with Gasteiger partial charge in [0, 0.05) is 32.5 Å². The van der Waals surface area contributed by atoms with Crippen LogP contribution >= 0.6 is 0 Å². The molecule has 41 heavy (non-hydrogen) atoms. The SMILES string of the molecule is O=C1[C@H](Cc2ccccc2)N2C(=O)CCN(C(=O)NCc3ccc(F)cc3)[C@H]2CN1Cc1cccc2ccccc12. The van der Waals surface area contributed by atoms with Gasteiger partial charge >= 0.3 is 6.03 Å². The molecule has 4 aromatic carbocycles. The highest BCUT2D eigenvalue weighted by atomic mass is 19.1. The fourth-order valence-corrected chi connectivity index (χ4v) is 5.92. The molecule has 4 amide bonds. The van der Waals surface area contributed by atoms with E-state index in [1.165, 1.54) is 12.1 Å². The largest absolute Gasteiger partial charge is 0.334 e. The Labute approximate surface area is 238 Å². The molecule has 1 N–H and O–H groups in total. The normalized spacial score (nSPS) is 18.9. The molecule has 6 rings (SSSR count). The second-order valence-electron chi connectivity index (χ2n) is 10.6. The van der Waals surface area contributed by atoms with Gasteiger partial charge in [0.2, 0.25) is 11.8 Å². The summed E-state index contributed by atoms with van der Waals surface area (Å²) in [6, 6.07) is 28.7. The lowest BCUT2D eigenvalue weighted by atomic mass is 9.96. The number of hydrogen-bond acceptors (Lipinski definition) is 3. The van der Waals surface area contributed by atoms with E-state index in [-0.39, 0.29) is 49.7 Å². The van der Waals surface area contributed by atoms with Crippen LogP contribution in [0.3, 0.4) is 0 Å². The van der Waals surface area contributed by atoms with Crippen LogP contribution in [0.25, 0.3) is 10.8 Å². The maximum Gasteiger partial charge on any atom is 0.319 e. The highest BCUT2D eigenvalue weighted by Gasteiger charge is 2.48. The summed E-state index contributed by atoms with van der Waals surface area (Å²) in [6.07, 6.45) is -0.104. The van der Waals surface area contributed by atoms with Crippen LogP contribution < -0.4 is 5.32 Å². The molecule has 8 heteroatoms. The summed E-state index contributed by atoms with van der Waals surface area (Å²) in [7, 11) is 0. The molecule has 4 aromatic rings. The van der Waals surface area contributed by atoms with Gasteiger partial charge in [-0.1, -0.05) is 84.9 Å². The predicted molar refractivity (Wildman–Crippen MR) is 154 cm³/mol. The first-order chi connectivity index (χ1) is 20.0. The number of amides is 4. The third-order valence-corrected chi connectivity index (χ3v) is 7.98. The Kier molecular flexibility index (Phi) is 7.37. The Hall–Kier alpha value is -4.72. The van der Waals surface area contributed by atoms with Crippen LogP contribution in [0.4, 0.5) is 9.18 Å². The molecule has 2 aliphatic rings. The van der Waals surface area contributed by atoms with E-state index in [4.69, 9.17) is 0 Å². The molecular formula is C33H31FN4O3. The zero-order valence-corrected chi connectivity index (χ0v) is 22.6. The third-order valence-electron chi connectivity index (χ3n) is 7.98. The minimum atomic E-state index is -0.730. The van der Waals surface area contributed by atoms with Gasteiger partial charge in [-0.3, -0.25) is 9.59 Å². The summed E-state index contributed by atoms with van der Waals surface area (Å²) < 4.78 is 13.3. The zero-order chi connectivity index (χ0) is 28.3. The second kappa shape index (κ2) is 11.4. The Morgan fingerprint density at radius 1 is 0.854 bits per heavy atom. The maximum absolute atomic E-state index is 14.1. The molecular weight excluding hydrogens is 519 g/mol. The molecule has 2 atom stereocenters. The van der Waals surface area contributed by atoms with Crippen LogP contribution in [-0.2, 0) is 29.1 Å². The predicted octanol–water partition coefficient (Wildman–Crippen LogP) is 4.70. The van der Waals surface area contributed by atoms with Gasteiger partial charge in [-0.15, -0.1) is 0 Å². The van der Waals surface area contributed by atoms with Gasteiger partial charge in [0.15, 0.2) is 0 Å². The molecule has 2 aliphatic heterocycles. The smallest absolute Gasteiger partial charge is 0.319 e. The number of nitrogens with one attached hydrogen (secondary N) is 1. The van der Waals surface area contributed by atoms with E-state index in [1.807, 2.05) is 72.8 Å². The molecule has 0 bridgehead atoms. The number of hydrogen-bond donors (Lipinski definition) is 1. The second-order valence-corrected chi connectivity index (χ2v) is 10.6. The Bertz CT molecular complexity index is 1570. The molecule has 208 valence electrons. The molecule has 0 radical (unpaired) electrons. The summed E-state index contributed by atoms with van der Waals surface area (Å²) in [6.45, 7) is 1.06. The minimum absolute atomic E-state index is 0.125. The van der Waals surface area contributed by atoms with Gasteiger partial charge in [-0.05, 0) is 39.6 Å². The third kappa shape index (κ3) is 5.50. The van der Waals surface area contributed by atoms with E-state index >= 15 is 0 Å². The van der Waals surface area contributed by atoms with Gasteiger partial charge in [0.1, 0.15) is 18.0 Å². The Balaban J connectivity index is 1.30. The lowest BCUT2D eigenvalue weighted by molar-refractivity contribution is -0.167. The number of nitrogens with zero attached hydrogens (tertiary/aromatic N) is 3. The van der Waals surface area contributed by atoms with Crippen molar-refractivity contribution in [1.82, 2.24) is 20.0 Å². The van der Waals surface area contributed by atoms with Crippen LogP contribution in [0, 0.1) is 5.82 Å². The van der Waals surface area contributed by atoms with Gasteiger partial charge in [-0.2, -0.15) is 0 Å². The number of rotatable bonds is 6. The Morgan fingerprint density at radius 2 is 1.59 bits per heavy atom. The van der Waals surface area contributed by atoms with Crippen molar-refractivity contribution in [3.63, 3.8) is 0 Å². The molecule has 2 heterocycles. The lowest BCUT2D eigenvalue weighted by Crippen LogP contribution is -2.72. The lowest BCUT2D eigenvalue weighted by Gasteiger charge is -2.52. The number of carbonyl (C=O) groups is 3. The number of fused-ring (bicyclic) bond motifs is 2. The average molecular weight is 551 g/mol. The molecule has 7 nitrogen and oxygen atoms in total. The molecule has 0 saturated carbocycles. The van der Waals surface area contributed by atoms with Crippen LogP contribution in [-0.4, -0.2) is 57.8 Å². The van der Waals surface area contributed by atoms with Crippen molar-refractivity contribution in [2.45, 2.75) is 38.1 Å². The first-order valence-corrected chi connectivity index (χ1v) is 13.9. The highest BCUT2D eigenvalue weighted by molar-refractivity contribution is 5.92. The fourth-order valence-electron chi connectivity index (χ4n) is 5.92. The number of halogens is 1. The fraction of sp³-hybridized carbons (Fsp3) is 0.242. The van der Waals surface area contributed by atoms with Crippen LogP contribution in [0.5, 0.6) is 0 Å². The van der Waals surface area contributed by atoms with Gasteiger partial charge in [-0.25, -0.2) is 9.18 Å². The van der Waals surface area contributed by atoms with E-state index in [9.17, 15) is 18.8 Å². The van der Waals surface area contributed by atoms with Crippen molar-refractivity contribution in [2.24, 2.45) is 0 Å². The van der Waals surface area contributed by atoms with Gasteiger partial charge in [0.25, 0.3) is 0 Å². The standard InChI is InChI=1S/C33H31FN4O3/c34-27-15-13-24(14-16-27)20-35-33(41)37-18-17-31(39)38-29(19-23-7-2-1-3-8-23)32(40)36(22-30(37)38)21-26-11-6-10-25-9-4-5-12-28(25)26/h1-16,29-30H,17-22H2,(H,35,41)/t29-,30+/m0/s1. The maximum atomic E-state index is 14.1. The number of benzene rings is 4. The molecule has 0 unspecified atom stereocenters. The van der Waals surface area contributed by atoms with Crippen molar-refractivity contribution in [3.05, 3.63) is 120 Å². The average Bonchev–Trinajstić information content (AvgIpc) is 2.99. The van der Waals surface area contributed by atoms with Crippen molar-refractivity contribution in [1.29, 1.82) is 0 Å². The Morgan fingerprint density at radius 3 is 2.39 bits per heavy atom. The van der Waals surface area contributed by atoms with Gasteiger partial charge in [0.05, 0.1) is 6.54 Å². The van der Waals surface area contributed by atoms with E-state index in [0.29, 0.717) is 13.0 Å². The molecule has 0 aromatic heterocycles. The van der Waals surface area contributed by atoms with E-state index in [2.05, 4.69) is 5.32 Å². The topological polar surface area (TPSA) is 73.0 Å². The van der Waals surface area contributed by atoms with E-state index < -0.39 is 12.2 Å². The summed E-state index contributed by atoms with van der Waals surface area (Å²) in [5.74, 6) is -0.593. The molecule has 2 fully saturated rings. The van der Waals surface area contributed by atoms with Crippen molar-refractivity contribution < 1.29 is 18.8 Å². The van der Waals surface area contributed by atoms with Gasteiger partial charge < -0.3 is 20.0 Å². The van der Waals surface area contributed by atoms with E-state index in [1.54, 1.807) is 26.8 Å². The van der Waals surface area contributed by atoms with E-state index in [0.717, 1.165) is 27.5 Å². The summed E-state index contributed by atoms with van der Waals surface area (Å²) in [5.41, 5.74) is 2.73. The van der Waals surface area contributed by atoms with Crippen LogP contribution in [0.2, 0.25) is 0 Å². The minimum Gasteiger partial charge on any atom is -0.334 e. The highest BCUT2D eigenvalue weighted by Crippen LogP contribution is 2.30. The zero-order valence-electron chi connectivity index (χ0n) is 22.6. The van der Waals surface area contributed by atoms with Crippen LogP contribution in [0.1, 0.15) is 23.1 Å². The number of urea groups is 1. The summed E-state index contributed by atoms with van der Waals surface area (Å²) >= 11 is 0. The molecule has 2 saturated heterocycles. The summed E-state index contributed by atoms with van der Waals surface area (Å²) in [5, 5.41) is 5.08. The first-order valence-electron chi connectivity index (χ1n) is 13.9. The summed E-state index contributed by atoms with van der Waals surface area (Å²) in [4.78, 5) is 46.0. The number of carbonyl (C=O) groups excluding carboxylic acids is 3. The van der Waals surface area contributed by atoms with Crippen LogP contribution in [0.15, 0.2) is 97.1 Å². The molecule has 0 spiro atoms. The molecule has 0 aliphatic carbocycles. The monoisotopic (exact) mass is 550 g/mol. The van der Waals surface area contributed by atoms with Crippen molar-refractivity contribution in [2.75, 3.05) is 13.1 Å².